The summed E-state index contributed by atoms with van der Waals surface area (Å²) in [5.74, 6) is 1.59. The number of fused-ring (bicyclic) bond motifs is 1. The van der Waals surface area contributed by atoms with Gasteiger partial charge in [0, 0.05) is 12.1 Å². The molecule has 0 saturated carbocycles. The summed E-state index contributed by atoms with van der Waals surface area (Å²) < 4.78 is 17.4. The Balaban J connectivity index is 1.28. The van der Waals surface area contributed by atoms with Crippen LogP contribution in [-0.2, 0) is 19.4 Å². The van der Waals surface area contributed by atoms with Gasteiger partial charge in [-0.05, 0) is 85.7 Å². The number of carbonyl (C=O) groups excluding carboxylic acids is 1. The zero-order chi connectivity index (χ0) is 25.9. The van der Waals surface area contributed by atoms with Crippen LogP contribution in [0.1, 0.15) is 45.0 Å². The molecule has 3 aromatic carbocycles. The highest BCUT2D eigenvalue weighted by atomic mass is 16.6. The number of furan rings is 1. The number of anilines is 1. The van der Waals surface area contributed by atoms with E-state index in [4.69, 9.17) is 13.9 Å². The predicted molar refractivity (Wildman–Crippen MR) is 139 cm³/mol. The van der Waals surface area contributed by atoms with Gasteiger partial charge in [0.2, 0.25) is 0 Å². The van der Waals surface area contributed by atoms with Crippen LogP contribution in [0, 0.1) is 24.0 Å². The van der Waals surface area contributed by atoms with Gasteiger partial charge in [0.25, 0.3) is 11.6 Å². The molecule has 0 bridgehead atoms. The van der Waals surface area contributed by atoms with Crippen LogP contribution in [0.4, 0.5) is 11.4 Å². The maximum Gasteiger partial charge on any atom is 0.291 e. The number of ether oxygens (including phenoxy) is 2. The molecule has 188 valence electrons. The molecule has 1 N–H and O–H groups in total. The first-order valence-electron chi connectivity index (χ1n) is 12.0. The molecule has 0 aliphatic heterocycles. The fourth-order valence-corrected chi connectivity index (χ4v) is 4.33. The maximum atomic E-state index is 12.8. The van der Waals surface area contributed by atoms with Crippen LogP contribution < -0.4 is 14.8 Å². The Labute approximate surface area is 214 Å². The second-order valence-electron chi connectivity index (χ2n) is 9.14. The van der Waals surface area contributed by atoms with Crippen LogP contribution in [-0.4, -0.2) is 10.8 Å². The van der Waals surface area contributed by atoms with E-state index in [9.17, 15) is 14.9 Å². The van der Waals surface area contributed by atoms with Crippen molar-refractivity contribution < 1.29 is 23.6 Å². The molecule has 1 aliphatic rings. The van der Waals surface area contributed by atoms with E-state index in [2.05, 4.69) is 17.4 Å². The lowest BCUT2D eigenvalue weighted by atomic mass is 10.1. The summed E-state index contributed by atoms with van der Waals surface area (Å²) in [4.78, 5) is 23.8. The lowest BCUT2D eigenvalue weighted by molar-refractivity contribution is -0.384. The van der Waals surface area contributed by atoms with Crippen molar-refractivity contribution in [2.45, 2.75) is 39.7 Å². The fourth-order valence-electron chi connectivity index (χ4n) is 4.33. The zero-order valence-electron chi connectivity index (χ0n) is 20.6. The van der Waals surface area contributed by atoms with Gasteiger partial charge in [0.15, 0.2) is 5.76 Å². The number of hydrogen-bond acceptors (Lipinski definition) is 6. The molecule has 8 nitrogen and oxygen atoms in total. The van der Waals surface area contributed by atoms with E-state index in [0.717, 1.165) is 29.7 Å². The summed E-state index contributed by atoms with van der Waals surface area (Å²) >= 11 is 0. The summed E-state index contributed by atoms with van der Waals surface area (Å²) in [6.45, 7) is 3.99. The molecular weight excluding hydrogens is 472 g/mol. The van der Waals surface area contributed by atoms with E-state index < -0.39 is 10.8 Å². The standard InChI is InChI=1S/C29H26N2O6/c1-18-6-7-19(2)28(12-18)37-26-15-22(14-23(16-26)31(33)34)30-29(32)27-11-10-25(36-27)17-35-24-9-8-20-4-3-5-21(20)13-24/h6-16H,3-5,17H2,1-2H3,(H,30,32). The summed E-state index contributed by atoms with van der Waals surface area (Å²) in [6.07, 6.45) is 3.34. The Kier molecular flexibility index (Phi) is 6.64. The number of non-ortho nitro benzene ring substituents is 1. The zero-order valence-corrected chi connectivity index (χ0v) is 20.6. The SMILES string of the molecule is Cc1ccc(C)c(Oc2cc(NC(=O)c3ccc(COc4ccc5c(c4)CCC5)o3)cc([N+](=O)[O-])c2)c1. The lowest BCUT2D eigenvalue weighted by Crippen LogP contribution is -2.11. The number of nitro benzene ring substituents is 1. The average Bonchev–Trinajstić information content (AvgIpc) is 3.54. The van der Waals surface area contributed by atoms with Crippen molar-refractivity contribution in [3.05, 3.63) is 111 Å². The normalized spacial score (nSPS) is 12.2. The summed E-state index contributed by atoms with van der Waals surface area (Å²) in [5.41, 5.74) is 4.57. The molecule has 4 aromatic rings. The molecule has 0 unspecified atom stereocenters. The highest BCUT2D eigenvalue weighted by Crippen LogP contribution is 2.32. The average molecular weight is 499 g/mol. The van der Waals surface area contributed by atoms with Crippen molar-refractivity contribution in [2.24, 2.45) is 0 Å². The van der Waals surface area contributed by atoms with Gasteiger partial charge in [-0.25, -0.2) is 0 Å². The third kappa shape index (κ3) is 5.64. The molecule has 8 heteroatoms. The van der Waals surface area contributed by atoms with Crippen molar-refractivity contribution in [3.8, 4) is 17.2 Å². The fraction of sp³-hybridized carbons (Fsp3) is 0.207. The Morgan fingerprint density at radius 3 is 2.65 bits per heavy atom. The van der Waals surface area contributed by atoms with Crippen LogP contribution >= 0.6 is 0 Å². The third-order valence-corrected chi connectivity index (χ3v) is 6.27. The van der Waals surface area contributed by atoms with Gasteiger partial charge in [-0.15, -0.1) is 0 Å². The van der Waals surface area contributed by atoms with Crippen molar-refractivity contribution in [3.63, 3.8) is 0 Å². The largest absolute Gasteiger partial charge is 0.486 e. The van der Waals surface area contributed by atoms with Crippen LogP contribution in [0.3, 0.4) is 0 Å². The van der Waals surface area contributed by atoms with Gasteiger partial charge in [0.05, 0.1) is 16.7 Å². The van der Waals surface area contributed by atoms with Crippen molar-refractivity contribution in [1.82, 2.24) is 0 Å². The summed E-state index contributed by atoms with van der Waals surface area (Å²) in [6, 6.07) is 19.1. The molecule has 0 radical (unpaired) electrons. The molecule has 1 heterocycles. The number of nitrogens with one attached hydrogen (secondary N) is 1. The Hall–Kier alpha value is -4.59. The Morgan fingerprint density at radius 1 is 0.973 bits per heavy atom. The van der Waals surface area contributed by atoms with Gasteiger partial charge >= 0.3 is 0 Å². The molecule has 0 atom stereocenters. The minimum Gasteiger partial charge on any atom is -0.486 e. The molecule has 0 fully saturated rings. The maximum absolute atomic E-state index is 12.8. The second kappa shape index (κ2) is 10.2. The van der Waals surface area contributed by atoms with E-state index in [1.54, 1.807) is 12.1 Å². The van der Waals surface area contributed by atoms with Gasteiger partial charge in [-0.1, -0.05) is 18.2 Å². The number of carbonyl (C=O) groups is 1. The topological polar surface area (TPSA) is 104 Å². The first kappa shape index (κ1) is 24.1. The Morgan fingerprint density at radius 2 is 1.81 bits per heavy atom. The highest BCUT2D eigenvalue weighted by molar-refractivity contribution is 6.02. The molecule has 1 amide bonds. The minimum absolute atomic E-state index is 0.0658. The molecular formula is C29H26N2O6. The molecule has 1 aliphatic carbocycles. The first-order valence-corrected chi connectivity index (χ1v) is 12.0. The summed E-state index contributed by atoms with van der Waals surface area (Å²) in [5, 5.41) is 14.2. The number of amides is 1. The van der Waals surface area contributed by atoms with E-state index >= 15 is 0 Å². The van der Waals surface area contributed by atoms with Crippen molar-refractivity contribution >= 4 is 17.3 Å². The predicted octanol–water partition coefficient (Wildman–Crippen LogP) is 6.92. The van der Waals surface area contributed by atoms with Gasteiger partial charge < -0.3 is 19.2 Å². The lowest BCUT2D eigenvalue weighted by Gasteiger charge is -2.11. The van der Waals surface area contributed by atoms with E-state index in [-0.39, 0.29) is 29.5 Å². The molecule has 1 aromatic heterocycles. The smallest absolute Gasteiger partial charge is 0.291 e. The number of nitro groups is 1. The van der Waals surface area contributed by atoms with E-state index in [1.165, 1.54) is 35.7 Å². The number of nitrogens with zero attached hydrogens (tertiary/aromatic N) is 1. The van der Waals surface area contributed by atoms with Crippen LogP contribution in [0.2, 0.25) is 0 Å². The van der Waals surface area contributed by atoms with Crippen LogP contribution in [0.15, 0.2) is 71.1 Å². The minimum atomic E-state index is -0.540. The molecule has 0 saturated heterocycles. The second-order valence-corrected chi connectivity index (χ2v) is 9.14. The number of rotatable bonds is 8. The molecule has 37 heavy (non-hydrogen) atoms. The highest BCUT2D eigenvalue weighted by Gasteiger charge is 2.17. The van der Waals surface area contributed by atoms with Gasteiger partial charge in [-0.3, -0.25) is 14.9 Å². The van der Waals surface area contributed by atoms with E-state index in [1.807, 2.05) is 38.1 Å². The number of hydrogen-bond donors (Lipinski definition) is 1. The van der Waals surface area contributed by atoms with Crippen molar-refractivity contribution in [1.29, 1.82) is 0 Å². The molecule has 0 spiro atoms. The first-order chi connectivity index (χ1) is 17.8. The number of benzene rings is 3. The van der Waals surface area contributed by atoms with Crippen LogP contribution in [0.25, 0.3) is 0 Å². The van der Waals surface area contributed by atoms with Gasteiger partial charge in [0.1, 0.15) is 29.6 Å². The quantitative estimate of drug-likeness (QED) is 0.209. The Bertz CT molecular complexity index is 1490. The van der Waals surface area contributed by atoms with Gasteiger partial charge in [-0.2, -0.15) is 0 Å². The van der Waals surface area contributed by atoms with E-state index in [0.29, 0.717) is 11.5 Å². The monoisotopic (exact) mass is 498 g/mol. The summed E-state index contributed by atoms with van der Waals surface area (Å²) in [7, 11) is 0. The van der Waals surface area contributed by atoms with Crippen LogP contribution in [0.5, 0.6) is 17.2 Å². The van der Waals surface area contributed by atoms with Crippen molar-refractivity contribution in [2.75, 3.05) is 5.32 Å². The third-order valence-electron chi connectivity index (χ3n) is 6.27. The number of aryl methyl sites for hydroxylation is 4. The molecule has 5 rings (SSSR count).